The Balaban J connectivity index is 1.64. The van der Waals surface area contributed by atoms with Crippen LogP contribution in [0.4, 0.5) is 0 Å². The van der Waals surface area contributed by atoms with Crippen LogP contribution in [0.1, 0.15) is 52.9 Å². The molecule has 134 valence electrons. The maximum absolute atomic E-state index is 13.2. The molecular weight excluding hydrogens is 346 g/mol. The molecule has 0 saturated carbocycles. The third-order valence-electron chi connectivity index (χ3n) is 4.83. The lowest BCUT2D eigenvalue weighted by Crippen LogP contribution is -2.38. The van der Waals surface area contributed by atoms with Gasteiger partial charge < -0.3 is 9.42 Å². The fourth-order valence-corrected chi connectivity index (χ4v) is 4.43. The summed E-state index contributed by atoms with van der Waals surface area (Å²) in [6, 6.07) is 9.87. The first-order chi connectivity index (χ1) is 12.6. The van der Waals surface area contributed by atoms with E-state index >= 15 is 0 Å². The van der Waals surface area contributed by atoms with E-state index in [1.165, 1.54) is 10.4 Å². The van der Waals surface area contributed by atoms with Crippen LogP contribution in [0.25, 0.3) is 10.4 Å². The van der Waals surface area contributed by atoms with E-state index in [1.807, 2.05) is 23.1 Å². The van der Waals surface area contributed by atoms with Gasteiger partial charge in [0.1, 0.15) is 6.04 Å². The molecule has 4 rings (SSSR count). The monoisotopic (exact) mass is 367 g/mol. The van der Waals surface area contributed by atoms with Crippen molar-refractivity contribution in [3.63, 3.8) is 0 Å². The topological polar surface area (TPSA) is 59.2 Å². The second kappa shape index (κ2) is 7.03. The standard InChI is InChI=1S/C20H21N3O2S/c1-13-9-11-26-18(13)15-6-5-7-16(12-15)20(24)23-10-4-3-8-17(23)19-21-14(2)22-25-19/h5-7,9,11-12,17H,3-4,8,10H2,1-2H3/t17-/m0/s1. The molecule has 1 amide bonds. The van der Waals surface area contributed by atoms with Gasteiger partial charge in [-0.2, -0.15) is 4.98 Å². The molecule has 5 nitrogen and oxygen atoms in total. The molecule has 0 N–H and O–H groups in total. The van der Waals surface area contributed by atoms with Gasteiger partial charge in [-0.15, -0.1) is 11.3 Å². The van der Waals surface area contributed by atoms with E-state index in [0.29, 0.717) is 23.8 Å². The van der Waals surface area contributed by atoms with E-state index in [9.17, 15) is 4.79 Å². The first-order valence-electron chi connectivity index (χ1n) is 8.89. The zero-order chi connectivity index (χ0) is 18.1. The van der Waals surface area contributed by atoms with E-state index < -0.39 is 0 Å². The van der Waals surface area contributed by atoms with Crippen LogP contribution in [-0.2, 0) is 0 Å². The predicted molar refractivity (Wildman–Crippen MR) is 101 cm³/mol. The summed E-state index contributed by atoms with van der Waals surface area (Å²) in [5, 5.41) is 5.97. The van der Waals surface area contributed by atoms with Crippen molar-refractivity contribution in [2.75, 3.05) is 6.54 Å². The van der Waals surface area contributed by atoms with Crippen molar-refractivity contribution < 1.29 is 9.32 Å². The fourth-order valence-electron chi connectivity index (χ4n) is 3.51. The van der Waals surface area contributed by atoms with Gasteiger partial charge in [0.05, 0.1) is 0 Å². The highest BCUT2D eigenvalue weighted by Gasteiger charge is 2.32. The molecule has 0 aliphatic carbocycles. The first-order valence-corrected chi connectivity index (χ1v) is 9.77. The van der Waals surface area contributed by atoms with Crippen molar-refractivity contribution in [1.82, 2.24) is 15.0 Å². The van der Waals surface area contributed by atoms with Crippen LogP contribution in [0.5, 0.6) is 0 Å². The van der Waals surface area contributed by atoms with Gasteiger partial charge in [0.15, 0.2) is 5.82 Å². The van der Waals surface area contributed by atoms with Crippen LogP contribution in [0.15, 0.2) is 40.2 Å². The molecule has 26 heavy (non-hydrogen) atoms. The number of hydrogen-bond acceptors (Lipinski definition) is 5. The molecule has 0 unspecified atom stereocenters. The van der Waals surface area contributed by atoms with Gasteiger partial charge in [-0.05, 0) is 67.8 Å². The van der Waals surface area contributed by atoms with Gasteiger partial charge in [0.25, 0.3) is 5.91 Å². The lowest BCUT2D eigenvalue weighted by atomic mass is 9.99. The maximum Gasteiger partial charge on any atom is 0.254 e. The minimum absolute atomic E-state index is 0.0293. The molecule has 1 fully saturated rings. The molecule has 0 radical (unpaired) electrons. The smallest absolute Gasteiger partial charge is 0.254 e. The summed E-state index contributed by atoms with van der Waals surface area (Å²) in [6.45, 7) is 4.61. The Hall–Kier alpha value is -2.47. The molecule has 3 aromatic rings. The summed E-state index contributed by atoms with van der Waals surface area (Å²) in [5.41, 5.74) is 3.03. The van der Waals surface area contributed by atoms with Crippen LogP contribution in [0, 0.1) is 13.8 Å². The first kappa shape index (κ1) is 17.0. The second-order valence-electron chi connectivity index (χ2n) is 6.70. The van der Waals surface area contributed by atoms with Crippen LogP contribution in [-0.4, -0.2) is 27.5 Å². The Morgan fingerprint density at radius 2 is 2.15 bits per heavy atom. The number of benzene rings is 1. The summed E-state index contributed by atoms with van der Waals surface area (Å²) in [4.78, 5) is 20.7. The van der Waals surface area contributed by atoms with Gasteiger partial charge in [-0.3, -0.25) is 4.79 Å². The molecule has 0 bridgehead atoms. The van der Waals surface area contributed by atoms with Crippen LogP contribution in [0.2, 0.25) is 0 Å². The molecule has 0 spiro atoms. The third-order valence-corrected chi connectivity index (χ3v) is 5.89. The summed E-state index contributed by atoms with van der Waals surface area (Å²) in [5.74, 6) is 1.18. The van der Waals surface area contributed by atoms with Gasteiger partial charge in [0.2, 0.25) is 5.89 Å². The van der Waals surface area contributed by atoms with Crippen molar-refractivity contribution in [1.29, 1.82) is 0 Å². The minimum atomic E-state index is -0.135. The molecule has 1 atom stereocenters. The third kappa shape index (κ3) is 3.17. The fraction of sp³-hybridized carbons (Fsp3) is 0.350. The average molecular weight is 367 g/mol. The van der Waals surface area contributed by atoms with Crippen LogP contribution >= 0.6 is 11.3 Å². The van der Waals surface area contributed by atoms with Crippen LogP contribution in [0.3, 0.4) is 0 Å². The van der Waals surface area contributed by atoms with E-state index in [-0.39, 0.29) is 11.9 Å². The lowest BCUT2D eigenvalue weighted by Gasteiger charge is -2.33. The quantitative estimate of drug-likeness (QED) is 0.668. The van der Waals surface area contributed by atoms with E-state index in [2.05, 4.69) is 34.6 Å². The zero-order valence-corrected chi connectivity index (χ0v) is 15.8. The molecule has 3 heterocycles. The number of piperidine rings is 1. The number of rotatable bonds is 3. The highest BCUT2D eigenvalue weighted by Crippen LogP contribution is 2.33. The largest absolute Gasteiger partial charge is 0.337 e. The lowest BCUT2D eigenvalue weighted by molar-refractivity contribution is 0.0561. The highest BCUT2D eigenvalue weighted by molar-refractivity contribution is 7.13. The van der Waals surface area contributed by atoms with Crippen molar-refractivity contribution in [2.45, 2.75) is 39.2 Å². The number of thiophene rings is 1. The van der Waals surface area contributed by atoms with Crippen molar-refractivity contribution in [2.24, 2.45) is 0 Å². The molecule has 1 saturated heterocycles. The Morgan fingerprint density at radius 1 is 1.27 bits per heavy atom. The Bertz CT molecular complexity index is 931. The molecule has 2 aromatic heterocycles. The van der Waals surface area contributed by atoms with E-state index in [0.717, 1.165) is 24.8 Å². The van der Waals surface area contributed by atoms with Gasteiger partial charge in [-0.25, -0.2) is 0 Å². The van der Waals surface area contributed by atoms with Crippen molar-refractivity contribution in [3.8, 4) is 10.4 Å². The van der Waals surface area contributed by atoms with Gasteiger partial charge in [-0.1, -0.05) is 17.3 Å². The Kier molecular flexibility index (Phi) is 4.59. The predicted octanol–water partition coefficient (Wildman–Crippen LogP) is 4.78. The summed E-state index contributed by atoms with van der Waals surface area (Å²) in [7, 11) is 0. The number of nitrogens with zero attached hydrogens (tertiary/aromatic N) is 3. The normalized spacial score (nSPS) is 17.5. The summed E-state index contributed by atoms with van der Waals surface area (Å²) < 4.78 is 5.37. The number of aryl methyl sites for hydroxylation is 2. The van der Waals surface area contributed by atoms with E-state index in [4.69, 9.17) is 4.52 Å². The summed E-state index contributed by atoms with van der Waals surface area (Å²) >= 11 is 1.70. The molecular formula is C20H21N3O2S. The number of carbonyl (C=O) groups excluding carboxylic acids is 1. The molecule has 6 heteroatoms. The number of amides is 1. The molecule has 1 aromatic carbocycles. The van der Waals surface area contributed by atoms with Crippen molar-refractivity contribution >= 4 is 17.2 Å². The average Bonchev–Trinajstić information content (AvgIpc) is 3.29. The maximum atomic E-state index is 13.2. The summed E-state index contributed by atoms with van der Waals surface area (Å²) in [6.07, 6.45) is 2.92. The Morgan fingerprint density at radius 3 is 2.88 bits per heavy atom. The number of likely N-dealkylation sites (tertiary alicyclic amines) is 1. The number of carbonyl (C=O) groups is 1. The number of hydrogen-bond donors (Lipinski definition) is 0. The van der Waals surface area contributed by atoms with Gasteiger partial charge in [0, 0.05) is 17.0 Å². The number of aromatic nitrogens is 2. The minimum Gasteiger partial charge on any atom is -0.337 e. The highest BCUT2D eigenvalue weighted by atomic mass is 32.1. The SMILES string of the molecule is Cc1noc([C@@H]2CCCCN2C(=O)c2cccc(-c3sccc3C)c2)n1. The molecule has 1 aliphatic rings. The molecule has 1 aliphatic heterocycles. The van der Waals surface area contributed by atoms with Gasteiger partial charge >= 0.3 is 0 Å². The Labute approximate surface area is 156 Å². The van der Waals surface area contributed by atoms with Crippen molar-refractivity contribution in [3.05, 3.63) is 58.6 Å². The van der Waals surface area contributed by atoms with E-state index in [1.54, 1.807) is 18.3 Å². The zero-order valence-electron chi connectivity index (χ0n) is 14.9. The second-order valence-corrected chi connectivity index (χ2v) is 7.62. The van der Waals surface area contributed by atoms with Crippen LogP contribution < -0.4 is 0 Å².